The molecule has 0 saturated carbocycles. The van der Waals surface area contributed by atoms with Crippen molar-refractivity contribution in [3.8, 4) is 0 Å². The molecular formula is C13H17Cl. The van der Waals surface area contributed by atoms with Gasteiger partial charge >= 0.3 is 0 Å². The van der Waals surface area contributed by atoms with Crippen molar-refractivity contribution < 1.29 is 0 Å². The summed E-state index contributed by atoms with van der Waals surface area (Å²) in [7, 11) is 0. The van der Waals surface area contributed by atoms with Crippen LogP contribution in [0.15, 0.2) is 24.8 Å². The number of aryl methyl sites for hydroxylation is 2. The van der Waals surface area contributed by atoms with Crippen LogP contribution in [0.3, 0.4) is 0 Å². The highest BCUT2D eigenvalue weighted by Gasteiger charge is 2.02. The van der Waals surface area contributed by atoms with Gasteiger partial charge in [0.1, 0.15) is 0 Å². The number of alkyl halides is 1. The molecule has 0 aliphatic carbocycles. The van der Waals surface area contributed by atoms with Gasteiger partial charge in [-0.1, -0.05) is 36.4 Å². The largest absolute Gasteiger partial charge is 0.123 e. The third-order valence-electron chi connectivity index (χ3n) is 2.33. The van der Waals surface area contributed by atoms with Gasteiger partial charge in [-0.2, -0.15) is 0 Å². The van der Waals surface area contributed by atoms with E-state index in [1.807, 2.05) is 13.0 Å². The van der Waals surface area contributed by atoms with E-state index < -0.39 is 0 Å². The number of hydrogen-bond donors (Lipinski definition) is 0. The molecule has 0 fully saturated rings. The van der Waals surface area contributed by atoms with E-state index in [0.717, 1.165) is 12.8 Å². The second-order valence-corrected chi connectivity index (χ2v) is 4.47. The van der Waals surface area contributed by atoms with Crippen molar-refractivity contribution in [1.29, 1.82) is 0 Å². The van der Waals surface area contributed by atoms with E-state index in [2.05, 4.69) is 31.7 Å². The van der Waals surface area contributed by atoms with E-state index in [1.54, 1.807) is 0 Å². The summed E-state index contributed by atoms with van der Waals surface area (Å²) in [5.74, 6) is 0. The van der Waals surface area contributed by atoms with Crippen LogP contribution in [0.25, 0.3) is 6.08 Å². The van der Waals surface area contributed by atoms with Gasteiger partial charge in [-0.3, -0.25) is 0 Å². The lowest BCUT2D eigenvalue weighted by Crippen LogP contribution is -1.97. The summed E-state index contributed by atoms with van der Waals surface area (Å²) in [5, 5.41) is 0.244. The highest BCUT2D eigenvalue weighted by atomic mass is 35.5. The molecule has 0 radical (unpaired) electrons. The SMILES string of the molecule is C=Cc1ccc(C)cc1CCC(C)Cl. The maximum Gasteiger partial charge on any atom is 0.0311 e. The Morgan fingerprint density at radius 3 is 2.79 bits per heavy atom. The van der Waals surface area contributed by atoms with Crippen LogP contribution in [0.2, 0.25) is 0 Å². The summed E-state index contributed by atoms with van der Waals surface area (Å²) in [6, 6.07) is 6.46. The molecule has 0 saturated heterocycles. The molecular weight excluding hydrogens is 192 g/mol. The van der Waals surface area contributed by atoms with Gasteiger partial charge in [0.2, 0.25) is 0 Å². The Balaban J connectivity index is 2.82. The maximum absolute atomic E-state index is 5.94. The Labute approximate surface area is 91.6 Å². The van der Waals surface area contributed by atoms with E-state index in [0.29, 0.717) is 0 Å². The number of hydrogen-bond acceptors (Lipinski definition) is 0. The molecule has 1 aromatic rings. The molecule has 1 atom stereocenters. The summed E-state index contributed by atoms with van der Waals surface area (Å²) in [6.07, 6.45) is 3.97. The highest BCUT2D eigenvalue weighted by Crippen LogP contribution is 2.16. The van der Waals surface area contributed by atoms with E-state index in [-0.39, 0.29) is 5.38 Å². The summed E-state index contributed by atoms with van der Waals surface area (Å²) in [6.45, 7) is 7.96. The molecule has 14 heavy (non-hydrogen) atoms. The van der Waals surface area contributed by atoms with Crippen molar-refractivity contribution in [2.75, 3.05) is 0 Å². The molecule has 1 heteroatoms. The molecule has 0 aliphatic heterocycles. The van der Waals surface area contributed by atoms with Crippen molar-refractivity contribution in [2.24, 2.45) is 0 Å². The van der Waals surface area contributed by atoms with Gasteiger partial charge in [-0.15, -0.1) is 11.6 Å². The van der Waals surface area contributed by atoms with Gasteiger partial charge in [0.15, 0.2) is 0 Å². The second kappa shape index (κ2) is 5.21. The van der Waals surface area contributed by atoms with Crippen LogP contribution in [0.1, 0.15) is 30.0 Å². The lowest BCUT2D eigenvalue weighted by molar-refractivity contribution is 0.801. The first-order valence-electron chi connectivity index (χ1n) is 4.99. The van der Waals surface area contributed by atoms with E-state index >= 15 is 0 Å². The fraction of sp³-hybridized carbons (Fsp3) is 0.385. The van der Waals surface area contributed by atoms with Crippen LogP contribution < -0.4 is 0 Å². The average Bonchev–Trinajstić information content (AvgIpc) is 2.15. The minimum Gasteiger partial charge on any atom is -0.123 e. The third-order valence-corrected chi connectivity index (χ3v) is 2.55. The normalized spacial score (nSPS) is 12.5. The molecule has 0 aromatic heterocycles. The van der Waals surface area contributed by atoms with E-state index in [4.69, 9.17) is 11.6 Å². The predicted molar refractivity (Wildman–Crippen MR) is 64.9 cm³/mol. The topological polar surface area (TPSA) is 0 Å². The Kier molecular flexibility index (Phi) is 4.21. The fourth-order valence-electron chi connectivity index (χ4n) is 1.50. The number of rotatable bonds is 4. The Hall–Kier alpha value is -0.750. The lowest BCUT2D eigenvalue weighted by Gasteiger charge is -2.08. The lowest BCUT2D eigenvalue weighted by atomic mass is 10.00. The van der Waals surface area contributed by atoms with E-state index in [9.17, 15) is 0 Å². The van der Waals surface area contributed by atoms with Gasteiger partial charge in [0.25, 0.3) is 0 Å². The summed E-state index contributed by atoms with van der Waals surface area (Å²) in [4.78, 5) is 0. The van der Waals surface area contributed by atoms with E-state index in [1.165, 1.54) is 16.7 Å². The molecule has 76 valence electrons. The molecule has 0 spiro atoms. The first kappa shape index (κ1) is 11.3. The van der Waals surface area contributed by atoms with Crippen molar-refractivity contribution in [3.05, 3.63) is 41.5 Å². The summed E-state index contributed by atoms with van der Waals surface area (Å²) < 4.78 is 0. The monoisotopic (exact) mass is 208 g/mol. The van der Waals surface area contributed by atoms with Crippen molar-refractivity contribution >= 4 is 17.7 Å². The average molecular weight is 209 g/mol. The molecule has 0 amide bonds. The first-order valence-corrected chi connectivity index (χ1v) is 5.43. The molecule has 0 heterocycles. The molecule has 0 bridgehead atoms. The Morgan fingerprint density at radius 1 is 1.50 bits per heavy atom. The molecule has 1 unspecified atom stereocenters. The number of benzene rings is 1. The summed E-state index contributed by atoms with van der Waals surface area (Å²) in [5.41, 5.74) is 3.88. The second-order valence-electron chi connectivity index (χ2n) is 3.73. The first-order chi connectivity index (χ1) is 6.63. The Bertz CT molecular complexity index is 313. The number of halogens is 1. The minimum absolute atomic E-state index is 0.244. The smallest absolute Gasteiger partial charge is 0.0311 e. The van der Waals surface area contributed by atoms with Crippen LogP contribution in [0.4, 0.5) is 0 Å². The third kappa shape index (κ3) is 3.19. The van der Waals surface area contributed by atoms with Crippen LogP contribution in [-0.4, -0.2) is 5.38 Å². The molecule has 1 rings (SSSR count). The van der Waals surface area contributed by atoms with Crippen LogP contribution in [0, 0.1) is 6.92 Å². The zero-order valence-electron chi connectivity index (χ0n) is 8.89. The van der Waals surface area contributed by atoms with Crippen LogP contribution in [-0.2, 0) is 6.42 Å². The molecule has 0 nitrogen and oxygen atoms in total. The molecule has 1 aromatic carbocycles. The van der Waals surface area contributed by atoms with Gasteiger partial charge in [-0.25, -0.2) is 0 Å². The maximum atomic E-state index is 5.94. The quantitative estimate of drug-likeness (QED) is 0.651. The van der Waals surface area contributed by atoms with Gasteiger partial charge < -0.3 is 0 Å². The zero-order chi connectivity index (χ0) is 10.6. The van der Waals surface area contributed by atoms with Gasteiger partial charge in [-0.05, 0) is 37.8 Å². The van der Waals surface area contributed by atoms with Crippen molar-refractivity contribution in [3.63, 3.8) is 0 Å². The van der Waals surface area contributed by atoms with Crippen molar-refractivity contribution in [1.82, 2.24) is 0 Å². The van der Waals surface area contributed by atoms with Crippen LogP contribution in [0.5, 0.6) is 0 Å². The molecule has 0 aliphatic rings. The van der Waals surface area contributed by atoms with Crippen molar-refractivity contribution in [2.45, 2.75) is 32.1 Å². The van der Waals surface area contributed by atoms with Gasteiger partial charge in [0.05, 0.1) is 0 Å². The predicted octanol–water partition coefficient (Wildman–Crippen LogP) is 4.20. The fourth-order valence-corrected chi connectivity index (χ4v) is 1.61. The standard InChI is InChI=1S/C13H17Cl/c1-4-12-7-5-10(2)9-13(12)8-6-11(3)14/h4-5,7,9,11H,1,6,8H2,2-3H3. The van der Waals surface area contributed by atoms with Crippen LogP contribution >= 0.6 is 11.6 Å². The Morgan fingerprint density at radius 2 is 2.21 bits per heavy atom. The molecule has 0 N–H and O–H groups in total. The zero-order valence-corrected chi connectivity index (χ0v) is 9.64. The summed E-state index contributed by atoms with van der Waals surface area (Å²) >= 11 is 5.94. The van der Waals surface area contributed by atoms with Gasteiger partial charge in [0, 0.05) is 5.38 Å². The minimum atomic E-state index is 0.244. The highest BCUT2D eigenvalue weighted by molar-refractivity contribution is 6.20.